The third-order valence-corrected chi connectivity index (χ3v) is 2.19. The first-order chi connectivity index (χ1) is 8.71. The fraction of sp³-hybridized carbons (Fsp3) is 0.462. The van der Waals surface area contributed by atoms with Gasteiger partial charge in [0, 0.05) is 0 Å². The summed E-state index contributed by atoms with van der Waals surface area (Å²) in [5.41, 5.74) is -0.240. The summed E-state index contributed by atoms with van der Waals surface area (Å²) in [6.45, 7) is 1.11. The van der Waals surface area contributed by atoms with Crippen LogP contribution in [0.2, 0.25) is 0 Å². The number of likely N-dealkylation sites (N-methyl/N-ethyl adjacent to an activating group) is 1. The van der Waals surface area contributed by atoms with Crippen LogP contribution in [-0.4, -0.2) is 62.1 Å². The molecule has 0 amide bonds. The zero-order valence-electron chi connectivity index (χ0n) is 11.7. The molecule has 0 aliphatic rings. The minimum Gasteiger partial charge on any atom is -0.872 e. The van der Waals surface area contributed by atoms with Crippen LogP contribution in [0.1, 0.15) is 10.4 Å². The zero-order valence-corrected chi connectivity index (χ0v) is 11.7. The largest absolute Gasteiger partial charge is 0.872 e. The van der Waals surface area contributed by atoms with Crippen molar-refractivity contribution in [3.63, 3.8) is 0 Å². The van der Waals surface area contributed by atoms with E-state index in [4.69, 9.17) is 14.9 Å². The highest BCUT2D eigenvalue weighted by Crippen LogP contribution is 2.20. The summed E-state index contributed by atoms with van der Waals surface area (Å²) in [5, 5.41) is 27.9. The molecular weight excluding hydrogens is 250 g/mol. The first-order valence-corrected chi connectivity index (χ1v) is 5.71. The Morgan fingerprint density at radius 2 is 1.95 bits per heavy atom. The van der Waals surface area contributed by atoms with E-state index in [9.17, 15) is 9.90 Å². The minimum atomic E-state index is -1.22. The molecule has 0 aliphatic heterocycles. The summed E-state index contributed by atoms with van der Waals surface area (Å²) in [5.74, 6) is -1.39. The van der Waals surface area contributed by atoms with Crippen LogP contribution in [0.5, 0.6) is 11.5 Å². The average molecular weight is 271 g/mol. The molecule has 1 aromatic rings. The normalized spacial score (nSPS) is 10.4. The van der Waals surface area contributed by atoms with Crippen LogP contribution in [-0.2, 0) is 0 Å². The molecule has 0 saturated carbocycles. The fourth-order valence-electron chi connectivity index (χ4n) is 1.11. The van der Waals surface area contributed by atoms with Gasteiger partial charge in [-0.25, -0.2) is 4.79 Å². The first-order valence-electron chi connectivity index (χ1n) is 5.71. The number of aliphatic hydroxyl groups excluding tert-OH is 1. The Kier molecular flexibility index (Phi) is 6.89. The highest BCUT2D eigenvalue weighted by Gasteiger charge is 2.03. The second-order valence-electron chi connectivity index (χ2n) is 4.90. The van der Waals surface area contributed by atoms with Crippen molar-refractivity contribution in [2.75, 3.05) is 41.4 Å². The van der Waals surface area contributed by atoms with E-state index in [1.54, 1.807) is 0 Å². The van der Waals surface area contributed by atoms with E-state index in [0.29, 0.717) is 5.75 Å². The highest BCUT2D eigenvalue weighted by molar-refractivity contribution is 5.90. The number of ether oxygens (including phenoxy) is 1. The first kappa shape index (κ1) is 17.2. The monoisotopic (exact) mass is 271 g/mol. The second kappa shape index (κ2) is 7.60. The van der Waals surface area contributed by atoms with Crippen LogP contribution >= 0.6 is 0 Å². The van der Waals surface area contributed by atoms with Gasteiger partial charge in [-0.2, -0.15) is 0 Å². The third kappa shape index (κ3) is 7.28. The quantitative estimate of drug-likeness (QED) is 0.761. The Morgan fingerprint density at radius 1 is 1.37 bits per heavy atom. The van der Waals surface area contributed by atoms with E-state index in [1.807, 2.05) is 0 Å². The lowest BCUT2D eigenvalue weighted by atomic mass is 10.2. The number of benzene rings is 1. The molecule has 0 bridgehead atoms. The molecule has 19 heavy (non-hydrogen) atoms. The van der Waals surface area contributed by atoms with Crippen molar-refractivity contribution in [1.29, 1.82) is 0 Å². The predicted octanol–water partition coefficient (Wildman–Crippen LogP) is 0.152. The number of nitrogens with zero attached hydrogens (tertiary/aromatic N) is 1. The van der Waals surface area contributed by atoms with Crippen LogP contribution < -0.4 is 9.84 Å². The molecule has 0 unspecified atom stereocenters. The molecule has 0 fully saturated rings. The highest BCUT2D eigenvalue weighted by atomic mass is 16.5. The van der Waals surface area contributed by atoms with Gasteiger partial charge in [-0.05, 0) is 18.2 Å². The molecule has 108 valence electrons. The van der Waals surface area contributed by atoms with Crippen molar-refractivity contribution < 1.29 is 29.3 Å². The number of carboxylic acids is 1. The maximum absolute atomic E-state index is 11.0. The molecular formula is C13H21NO5. The molecule has 6 heteroatoms. The van der Waals surface area contributed by atoms with E-state index in [1.165, 1.54) is 19.2 Å². The maximum Gasteiger partial charge on any atom is 0.335 e. The summed E-state index contributed by atoms with van der Waals surface area (Å²) in [6.07, 6.45) is 0. The average Bonchev–Trinajstić information content (AvgIpc) is 2.27. The van der Waals surface area contributed by atoms with Gasteiger partial charge in [-0.3, -0.25) is 0 Å². The second-order valence-corrected chi connectivity index (χ2v) is 4.90. The SMILES string of the molecule is COc1ccc(C(=O)O)c([O-])c1.C[N+](C)(C)CCO. The van der Waals surface area contributed by atoms with Crippen molar-refractivity contribution in [2.45, 2.75) is 0 Å². The summed E-state index contributed by atoms with van der Waals surface area (Å²) in [7, 11) is 7.57. The fourth-order valence-corrected chi connectivity index (χ4v) is 1.11. The maximum atomic E-state index is 11.0. The third-order valence-electron chi connectivity index (χ3n) is 2.19. The van der Waals surface area contributed by atoms with Crippen molar-refractivity contribution in [3.05, 3.63) is 23.8 Å². The van der Waals surface area contributed by atoms with Crippen LogP contribution in [0.15, 0.2) is 18.2 Å². The van der Waals surface area contributed by atoms with Crippen LogP contribution in [0, 0.1) is 0 Å². The van der Waals surface area contributed by atoms with E-state index < -0.39 is 11.7 Å². The predicted molar refractivity (Wildman–Crippen MR) is 69.4 cm³/mol. The molecule has 0 radical (unpaired) electrons. The van der Waals surface area contributed by atoms with E-state index in [-0.39, 0.29) is 12.2 Å². The van der Waals surface area contributed by atoms with Crippen LogP contribution in [0.3, 0.4) is 0 Å². The van der Waals surface area contributed by atoms with Crippen molar-refractivity contribution in [3.8, 4) is 11.5 Å². The Morgan fingerprint density at radius 3 is 2.21 bits per heavy atom. The van der Waals surface area contributed by atoms with Crippen LogP contribution in [0.25, 0.3) is 0 Å². The van der Waals surface area contributed by atoms with E-state index in [0.717, 1.165) is 17.1 Å². The Hall–Kier alpha value is -1.79. The number of hydrogen-bond acceptors (Lipinski definition) is 4. The molecule has 0 spiro atoms. The number of aliphatic hydroxyl groups is 1. The van der Waals surface area contributed by atoms with Gasteiger partial charge in [-0.15, -0.1) is 0 Å². The Labute approximate surface area is 113 Å². The molecule has 6 nitrogen and oxygen atoms in total. The van der Waals surface area contributed by atoms with Gasteiger partial charge in [0.2, 0.25) is 0 Å². The van der Waals surface area contributed by atoms with Gasteiger partial charge >= 0.3 is 5.97 Å². The minimum absolute atomic E-state index is 0.240. The van der Waals surface area contributed by atoms with Gasteiger partial charge in [-0.1, -0.05) is 5.75 Å². The summed E-state index contributed by atoms with van der Waals surface area (Å²) in [6, 6.07) is 3.80. The number of carbonyl (C=O) groups is 1. The molecule has 1 aromatic carbocycles. The van der Waals surface area contributed by atoms with Crippen molar-refractivity contribution >= 4 is 5.97 Å². The van der Waals surface area contributed by atoms with Gasteiger partial charge in [0.25, 0.3) is 0 Å². The molecule has 0 aromatic heterocycles. The van der Waals surface area contributed by atoms with Gasteiger partial charge in [0.15, 0.2) is 0 Å². The summed E-state index contributed by atoms with van der Waals surface area (Å²) < 4.78 is 5.58. The molecule has 0 saturated heterocycles. The van der Waals surface area contributed by atoms with Crippen molar-refractivity contribution in [1.82, 2.24) is 0 Å². The van der Waals surface area contributed by atoms with E-state index >= 15 is 0 Å². The standard InChI is InChI=1S/C8H8O4.C5H14NO/c1-12-5-2-3-6(8(10)11)7(9)4-5;1-6(2,3)4-5-7/h2-4,9H,1H3,(H,10,11);7H,4-5H2,1-3H3/q;+1/p-1. The number of methoxy groups -OCH3 is 1. The van der Waals surface area contributed by atoms with Gasteiger partial charge in [0.05, 0.1) is 40.4 Å². The smallest absolute Gasteiger partial charge is 0.335 e. The number of rotatable bonds is 4. The van der Waals surface area contributed by atoms with Crippen LogP contribution in [0.4, 0.5) is 0 Å². The van der Waals surface area contributed by atoms with Gasteiger partial charge in [0.1, 0.15) is 12.3 Å². The molecule has 0 heterocycles. The lowest BCUT2D eigenvalue weighted by molar-refractivity contribution is -0.870. The number of hydrogen-bond donors (Lipinski definition) is 2. The van der Waals surface area contributed by atoms with Crippen molar-refractivity contribution in [2.24, 2.45) is 0 Å². The topological polar surface area (TPSA) is 89.8 Å². The lowest BCUT2D eigenvalue weighted by Gasteiger charge is -2.21. The number of quaternary nitrogens is 1. The Balaban J connectivity index is 0.000000399. The molecule has 2 N–H and O–H groups in total. The molecule has 0 atom stereocenters. The molecule has 0 aliphatic carbocycles. The number of aromatic carboxylic acids is 1. The van der Waals surface area contributed by atoms with E-state index in [2.05, 4.69) is 21.1 Å². The summed E-state index contributed by atoms with van der Waals surface area (Å²) in [4.78, 5) is 10.4. The molecule has 1 rings (SSSR count). The number of carboxylic acid groups (broad SMARTS) is 1. The Bertz CT molecular complexity index is 412. The zero-order chi connectivity index (χ0) is 15.1. The summed E-state index contributed by atoms with van der Waals surface area (Å²) >= 11 is 0. The lowest BCUT2D eigenvalue weighted by Crippen LogP contribution is -2.36. The van der Waals surface area contributed by atoms with Gasteiger partial charge < -0.3 is 24.5 Å².